The predicted octanol–water partition coefficient (Wildman–Crippen LogP) is 2.84. The van der Waals surface area contributed by atoms with Gasteiger partial charge in [0.25, 0.3) is 11.8 Å². The van der Waals surface area contributed by atoms with Gasteiger partial charge in [-0.3, -0.25) is 19.3 Å². The second-order valence-electron chi connectivity index (χ2n) is 8.75. The summed E-state index contributed by atoms with van der Waals surface area (Å²) in [6.45, 7) is 5.45. The predicted molar refractivity (Wildman–Crippen MR) is 134 cm³/mol. The molecule has 0 saturated heterocycles. The molecule has 35 heavy (non-hydrogen) atoms. The molecule has 1 atom stereocenters. The minimum Gasteiger partial charge on any atom is -0.508 e. The third kappa shape index (κ3) is 5.69. The first-order valence-electron chi connectivity index (χ1n) is 10.6. The lowest BCUT2D eigenvalue weighted by Crippen LogP contribution is -2.49. The average molecular weight is 498 g/mol. The number of hydrogen-bond acceptors (Lipinski definition) is 8. The minimum atomic E-state index is -1.17. The number of hydrogen-bond donors (Lipinski definition) is 4. The smallest absolute Gasteiger partial charge is 0.273 e. The van der Waals surface area contributed by atoms with E-state index in [0.717, 1.165) is 0 Å². The Morgan fingerprint density at radius 1 is 1.14 bits per heavy atom. The van der Waals surface area contributed by atoms with E-state index >= 15 is 0 Å². The molecule has 0 spiro atoms. The number of aromatic hydroxyl groups is 1. The molecule has 0 aliphatic rings. The Hall–Kier alpha value is -4.12. The lowest BCUT2D eigenvalue weighted by Gasteiger charge is -2.33. The minimum absolute atomic E-state index is 0.000729. The van der Waals surface area contributed by atoms with E-state index in [1.54, 1.807) is 36.4 Å². The Morgan fingerprint density at radius 3 is 2.34 bits per heavy atom. The summed E-state index contributed by atoms with van der Waals surface area (Å²) in [6, 6.07) is 11.4. The van der Waals surface area contributed by atoms with Gasteiger partial charge in [0.05, 0.1) is 12.8 Å². The Morgan fingerprint density at radius 2 is 1.80 bits per heavy atom. The van der Waals surface area contributed by atoms with Crippen molar-refractivity contribution in [1.29, 1.82) is 0 Å². The molecule has 1 aromatic heterocycles. The molecule has 1 heterocycles. The second-order valence-corrected chi connectivity index (χ2v) is 9.52. The lowest BCUT2D eigenvalue weighted by molar-refractivity contribution is -0.123. The molecule has 3 aromatic rings. The van der Waals surface area contributed by atoms with E-state index in [1.807, 2.05) is 20.8 Å². The maximum Gasteiger partial charge on any atom is 0.273 e. The number of nitrogens with one attached hydrogen (secondary N) is 1. The fraction of sp³-hybridized carbons (Fsp3) is 0.250. The van der Waals surface area contributed by atoms with Gasteiger partial charge in [-0.1, -0.05) is 18.2 Å². The van der Waals surface area contributed by atoms with Crippen LogP contribution in [0.15, 0.2) is 48.5 Å². The normalized spacial score (nSPS) is 12.0. The van der Waals surface area contributed by atoms with E-state index in [2.05, 4.69) is 9.69 Å². The summed E-state index contributed by atoms with van der Waals surface area (Å²) in [5.74, 6) is -1.55. The first kappa shape index (κ1) is 25.5. The molecule has 0 radical (unpaired) electrons. The van der Waals surface area contributed by atoms with Crippen molar-refractivity contribution in [3.8, 4) is 11.5 Å². The number of methoxy groups -OCH3 is 1. The summed E-state index contributed by atoms with van der Waals surface area (Å²) in [4.78, 5) is 40.5. The quantitative estimate of drug-likeness (QED) is 0.390. The van der Waals surface area contributed by atoms with Gasteiger partial charge in [0.2, 0.25) is 5.91 Å². The zero-order chi connectivity index (χ0) is 25.9. The van der Waals surface area contributed by atoms with Gasteiger partial charge in [-0.2, -0.15) is 4.37 Å². The summed E-state index contributed by atoms with van der Waals surface area (Å²) in [5.41, 5.74) is 11.2. The monoisotopic (exact) mass is 497 g/mol. The number of phenols is 1. The lowest BCUT2D eigenvalue weighted by atomic mass is 10.00. The maximum atomic E-state index is 13.9. The molecule has 2 aromatic carbocycles. The highest BCUT2D eigenvalue weighted by Crippen LogP contribution is 2.35. The van der Waals surface area contributed by atoms with Gasteiger partial charge in [0.1, 0.15) is 22.4 Å². The van der Waals surface area contributed by atoms with Crippen LogP contribution in [0, 0.1) is 0 Å². The molecule has 0 unspecified atom stereocenters. The number of amides is 3. The largest absolute Gasteiger partial charge is 0.508 e. The molecule has 0 aliphatic carbocycles. The zero-order valence-electron chi connectivity index (χ0n) is 19.7. The van der Waals surface area contributed by atoms with Crippen LogP contribution in [0.5, 0.6) is 11.5 Å². The number of nitrogens with two attached hydrogens (primary N) is 2. The van der Waals surface area contributed by atoms with Gasteiger partial charge >= 0.3 is 0 Å². The fourth-order valence-corrected chi connectivity index (χ4v) is 4.14. The number of carbonyl (C=O) groups is 3. The first-order valence-corrected chi connectivity index (χ1v) is 11.3. The summed E-state index contributed by atoms with van der Waals surface area (Å²) >= 11 is 0.715. The highest BCUT2D eigenvalue weighted by Gasteiger charge is 2.37. The van der Waals surface area contributed by atoms with Gasteiger partial charge in [-0.25, -0.2) is 0 Å². The number of rotatable bonds is 7. The second kappa shape index (κ2) is 10.0. The van der Waals surface area contributed by atoms with Crippen LogP contribution in [-0.2, 0) is 4.79 Å². The van der Waals surface area contributed by atoms with Gasteiger partial charge in [-0.05, 0) is 62.1 Å². The van der Waals surface area contributed by atoms with Crippen LogP contribution in [0.2, 0.25) is 0 Å². The van der Waals surface area contributed by atoms with Crippen molar-refractivity contribution in [3.05, 3.63) is 64.7 Å². The first-order chi connectivity index (χ1) is 16.4. The van der Waals surface area contributed by atoms with Crippen molar-refractivity contribution >= 4 is 40.6 Å². The third-order valence-electron chi connectivity index (χ3n) is 4.92. The van der Waals surface area contributed by atoms with E-state index in [4.69, 9.17) is 16.2 Å². The molecular formula is C24H27N5O5S. The number of benzene rings is 2. The molecule has 0 saturated carbocycles. The average Bonchev–Trinajstić information content (AvgIpc) is 3.18. The number of nitrogens with zero attached hydrogens (tertiary/aromatic N) is 2. The molecule has 3 amide bonds. The van der Waals surface area contributed by atoms with Crippen LogP contribution in [-0.4, -0.2) is 39.9 Å². The van der Waals surface area contributed by atoms with E-state index < -0.39 is 29.3 Å². The van der Waals surface area contributed by atoms with Crippen LogP contribution < -0.4 is 26.4 Å². The van der Waals surface area contributed by atoms with Crippen LogP contribution in [0.25, 0.3) is 0 Å². The molecule has 11 heteroatoms. The van der Waals surface area contributed by atoms with Crippen molar-refractivity contribution in [1.82, 2.24) is 9.69 Å². The zero-order valence-corrected chi connectivity index (χ0v) is 20.6. The third-order valence-corrected chi connectivity index (χ3v) is 5.77. The van der Waals surface area contributed by atoms with Crippen molar-refractivity contribution in [3.63, 3.8) is 0 Å². The van der Waals surface area contributed by atoms with Gasteiger partial charge in [0, 0.05) is 17.3 Å². The fourth-order valence-electron chi connectivity index (χ4n) is 3.39. The highest BCUT2D eigenvalue weighted by atomic mass is 32.1. The summed E-state index contributed by atoms with van der Waals surface area (Å²) < 4.78 is 9.26. The SMILES string of the molecule is COc1cccc(N(C(=O)c2snc(C(N)=O)c2N)[C@H](C(=O)NC(C)(C)C)c2ccc(O)cc2)c1. The topological polar surface area (TPSA) is 161 Å². The van der Waals surface area contributed by atoms with E-state index in [-0.39, 0.29) is 22.0 Å². The van der Waals surface area contributed by atoms with Crippen LogP contribution >= 0.6 is 11.5 Å². The molecule has 184 valence electrons. The van der Waals surface area contributed by atoms with Gasteiger partial charge in [-0.15, -0.1) is 0 Å². The van der Waals surface area contributed by atoms with Gasteiger partial charge in [0.15, 0.2) is 5.69 Å². The summed E-state index contributed by atoms with van der Waals surface area (Å²) in [7, 11) is 1.48. The molecular weight excluding hydrogens is 470 g/mol. The standard InChI is InChI=1S/C24H27N5O5S/c1-24(2,3)27-22(32)19(13-8-10-15(30)11-9-13)29(14-6-5-7-16(12-14)34-4)23(33)20-17(25)18(21(26)31)28-35-20/h5-12,19,30H,25H2,1-4H3,(H2,26,31)(H,27,32)/t19-/m0/s1. The van der Waals surface area contributed by atoms with Crippen molar-refractivity contribution in [2.75, 3.05) is 17.7 Å². The number of primary amides is 1. The van der Waals surface area contributed by atoms with E-state index in [9.17, 15) is 19.5 Å². The summed E-state index contributed by atoms with van der Waals surface area (Å²) in [6.07, 6.45) is 0. The van der Waals surface area contributed by atoms with E-state index in [0.29, 0.717) is 28.5 Å². The summed E-state index contributed by atoms with van der Waals surface area (Å²) in [5, 5.41) is 12.7. The van der Waals surface area contributed by atoms with Gasteiger partial charge < -0.3 is 26.6 Å². The molecule has 0 aliphatic heterocycles. The number of carbonyl (C=O) groups excluding carboxylic acids is 3. The molecule has 0 bridgehead atoms. The number of ether oxygens (including phenoxy) is 1. The number of anilines is 2. The number of phenolic OH excluding ortho intramolecular Hbond substituents is 1. The van der Waals surface area contributed by atoms with Crippen LogP contribution in [0.3, 0.4) is 0 Å². The number of nitrogen functional groups attached to an aromatic ring is 1. The van der Waals surface area contributed by atoms with Crippen molar-refractivity contribution in [2.24, 2.45) is 5.73 Å². The molecule has 10 nitrogen and oxygen atoms in total. The molecule has 3 rings (SSSR count). The highest BCUT2D eigenvalue weighted by molar-refractivity contribution is 7.09. The van der Waals surface area contributed by atoms with Crippen molar-refractivity contribution < 1.29 is 24.2 Å². The Kier molecular flexibility index (Phi) is 7.30. The maximum absolute atomic E-state index is 13.9. The van der Waals surface area contributed by atoms with Crippen molar-refractivity contribution in [2.45, 2.75) is 32.4 Å². The number of aromatic nitrogens is 1. The van der Waals surface area contributed by atoms with Crippen LogP contribution in [0.1, 0.15) is 52.5 Å². The van der Waals surface area contributed by atoms with Crippen LogP contribution in [0.4, 0.5) is 11.4 Å². The Labute approximate surface area is 206 Å². The molecule has 6 N–H and O–H groups in total. The Bertz CT molecular complexity index is 1250. The van der Waals surface area contributed by atoms with E-state index in [1.165, 1.54) is 24.1 Å². The molecule has 0 fully saturated rings. The Balaban J connectivity index is 2.25.